The normalized spacial score (nSPS) is 12.4. The van der Waals surface area contributed by atoms with Crippen LogP contribution in [-0.4, -0.2) is 6.43 Å². The van der Waals surface area contributed by atoms with Crippen molar-refractivity contribution in [3.8, 4) is 0 Å². The first kappa shape index (κ1) is 14.1. The van der Waals surface area contributed by atoms with Crippen LogP contribution < -0.4 is 5.73 Å². The summed E-state index contributed by atoms with van der Waals surface area (Å²) in [6.07, 6.45) is -2.62. The van der Waals surface area contributed by atoms with Crippen LogP contribution in [0.2, 0.25) is 0 Å². The highest BCUT2D eigenvalue weighted by Gasteiger charge is 2.12. The second-order valence-corrected chi connectivity index (χ2v) is 4.03. The van der Waals surface area contributed by atoms with Crippen LogP contribution in [-0.2, 0) is 0 Å². The highest BCUT2D eigenvalue weighted by atomic mass is 127. The number of hydrogen-bond acceptors (Lipinski definition) is 1. The monoisotopic (exact) mass is 333 g/mol. The molecule has 0 bridgehead atoms. The van der Waals surface area contributed by atoms with Crippen LogP contribution in [0.4, 0.5) is 8.78 Å². The van der Waals surface area contributed by atoms with Crippen LogP contribution in [0.5, 0.6) is 0 Å². The Morgan fingerprint density at radius 2 is 2.00 bits per heavy atom. The van der Waals surface area contributed by atoms with Gasteiger partial charge in [0, 0.05) is 16.0 Å². The predicted octanol–water partition coefficient (Wildman–Crippen LogP) is 3.37. The van der Waals surface area contributed by atoms with Gasteiger partial charge in [-0.1, -0.05) is 12.1 Å². The lowest BCUT2D eigenvalue weighted by Crippen LogP contribution is -2.13. The maximum absolute atomic E-state index is 12.0. The zero-order chi connectivity index (χ0) is 9.84. The third kappa shape index (κ3) is 4.52. The molecule has 1 aromatic carbocycles. The largest absolute Gasteiger partial charge is 0.324 e. The lowest BCUT2D eigenvalue weighted by Gasteiger charge is -2.11. The van der Waals surface area contributed by atoms with Crippen LogP contribution >= 0.6 is 35.0 Å². The van der Waals surface area contributed by atoms with E-state index < -0.39 is 12.5 Å². The van der Waals surface area contributed by atoms with Gasteiger partial charge in [-0.25, -0.2) is 8.78 Å². The molecule has 0 heterocycles. The van der Waals surface area contributed by atoms with Crippen LogP contribution in [0, 0.1) is 3.57 Å². The number of nitrogens with two attached hydrogens (primary N) is 1. The number of halogens is 4. The molecule has 0 amide bonds. The number of hydrogen-bond donors (Lipinski definition) is 1. The molecule has 0 aliphatic rings. The SMILES string of the molecule is Cl.N[C@H](CC(F)F)c1cccc(I)c1. The van der Waals surface area contributed by atoms with Gasteiger partial charge in [0.25, 0.3) is 0 Å². The predicted molar refractivity (Wildman–Crippen MR) is 64.0 cm³/mol. The first-order valence-electron chi connectivity index (χ1n) is 3.89. The van der Waals surface area contributed by atoms with E-state index in [0.717, 1.165) is 9.13 Å². The molecule has 0 spiro atoms. The number of rotatable bonds is 3. The first-order valence-corrected chi connectivity index (χ1v) is 4.96. The summed E-state index contributed by atoms with van der Waals surface area (Å²) >= 11 is 2.13. The van der Waals surface area contributed by atoms with Crippen LogP contribution in [0.1, 0.15) is 18.0 Å². The van der Waals surface area contributed by atoms with Gasteiger partial charge in [-0.05, 0) is 40.3 Å². The summed E-state index contributed by atoms with van der Waals surface area (Å²) in [5.74, 6) is 0. The number of benzene rings is 1. The minimum Gasteiger partial charge on any atom is -0.324 e. The van der Waals surface area contributed by atoms with Gasteiger partial charge in [-0.3, -0.25) is 0 Å². The zero-order valence-corrected chi connectivity index (χ0v) is 10.3. The Morgan fingerprint density at radius 3 is 2.50 bits per heavy atom. The van der Waals surface area contributed by atoms with Crippen LogP contribution in [0.25, 0.3) is 0 Å². The van der Waals surface area contributed by atoms with E-state index in [1.54, 1.807) is 6.07 Å². The Morgan fingerprint density at radius 1 is 1.36 bits per heavy atom. The topological polar surface area (TPSA) is 26.0 Å². The molecule has 0 saturated heterocycles. The smallest absolute Gasteiger partial charge is 0.240 e. The maximum atomic E-state index is 12.0. The van der Waals surface area contributed by atoms with E-state index in [9.17, 15) is 8.78 Å². The van der Waals surface area contributed by atoms with E-state index in [0.29, 0.717) is 0 Å². The Hall–Kier alpha value is 0.0600. The Labute approximate surface area is 102 Å². The van der Waals surface area contributed by atoms with Gasteiger partial charge in [-0.15, -0.1) is 12.4 Å². The lowest BCUT2D eigenvalue weighted by molar-refractivity contribution is 0.128. The second kappa shape index (κ2) is 6.53. The highest BCUT2D eigenvalue weighted by molar-refractivity contribution is 14.1. The summed E-state index contributed by atoms with van der Waals surface area (Å²) < 4.78 is 25.0. The fraction of sp³-hybridized carbons (Fsp3) is 0.333. The molecule has 1 nitrogen and oxygen atoms in total. The van der Waals surface area contributed by atoms with Gasteiger partial charge < -0.3 is 5.73 Å². The van der Waals surface area contributed by atoms with E-state index >= 15 is 0 Å². The van der Waals surface area contributed by atoms with E-state index in [1.807, 2.05) is 18.2 Å². The van der Waals surface area contributed by atoms with E-state index in [1.165, 1.54) is 0 Å². The van der Waals surface area contributed by atoms with E-state index in [2.05, 4.69) is 22.6 Å². The molecular weight excluding hydrogens is 322 g/mol. The van der Waals surface area contributed by atoms with E-state index in [4.69, 9.17) is 5.73 Å². The molecule has 0 aliphatic heterocycles. The minimum atomic E-state index is -2.34. The van der Waals surface area contributed by atoms with Gasteiger partial charge >= 0.3 is 0 Å². The standard InChI is InChI=1S/C9H10F2IN.ClH/c10-9(11)5-8(13)6-2-1-3-7(12)4-6;/h1-4,8-9H,5,13H2;1H/t8-;/m1./s1. The molecule has 0 fully saturated rings. The second-order valence-electron chi connectivity index (χ2n) is 2.79. The zero-order valence-electron chi connectivity index (χ0n) is 7.29. The van der Waals surface area contributed by atoms with Crippen molar-refractivity contribution < 1.29 is 8.78 Å². The summed E-state index contributed by atoms with van der Waals surface area (Å²) in [7, 11) is 0. The van der Waals surface area contributed by atoms with Crippen molar-refractivity contribution in [2.24, 2.45) is 5.73 Å². The fourth-order valence-corrected chi connectivity index (χ4v) is 1.63. The third-order valence-electron chi connectivity index (χ3n) is 1.71. The van der Waals surface area contributed by atoms with Crippen molar-refractivity contribution in [3.63, 3.8) is 0 Å². The maximum Gasteiger partial charge on any atom is 0.240 e. The molecule has 1 rings (SSSR count). The quantitative estimate of drug-likeness (QED) is 0.843. The summed E-state index contributed by atoms with van der Waals surface area (Å²) in [6, 6.07) is 6.76. The van der Waals surface area contributed by atoms with Crippen molar-refractivity contribution >= 4 is 35.0 Å². The Kier molecular flexibility index (Phi) is 6.55. The van der Waals surface area contributed by atoms with Crippen molar-refractivity contribution in [1.29, 1.82) is 0 Å². The van der Waals surface area contributed by atoms with Crippen molar-refractivity contribution in [1.82, 2.24) is 0 Å². The molecule has 0 unspecified atom stereocenters. The molecule has 0 aromatic heterocycles. The number of alkyl halides is 2. The summed E-state index contributed by atoms with van der Waals surface area (Å²) in [6.45, 7) is 0. The van der Waals surface area contributed by atoms with Crippen LogP contribution in [0.3, 0.4) is 0 Å². The summed E-state index contributed by atoms with van der Waals surface area (Å²) in [4.78, 5) is 0. The Bertz CT molecular complexity index is 283. The molecule has 0 radical (unpaired) electrons. The van der Waals surface area contributed by atoms with Gasteiger partial charge in [0.05, 0.1) is 0 Å². The first-order chi connectivity index (χ1) is 6.09. The minimum absolute atomic E-state index is 0. The fourth-order valence-electron chi connectivity index (χ4n) is 1.07. The van der Waals surface area contributed by atoms with Gasteiger partial charge in [0.15, 0.2) is 0 Å². The molecule has 0 aliphatic carbocycles. The van der Waals surface area contributed by atoms with Gasteiger partial charge in [0.2, 0.25) is 6.43 Å². The molecule has 2 N–H and O–H groups in total. The molecular formula is C9H11ClF2IN. The molecule has 1 aromatic rings. The average molecular weight is 334 g/mol. The van der Waals surface area contributed by atoms with E-state index in [-0.39, 0.29) is 18.8 Å². The molecule has 80 valence electrons. The van der Waals surface area contributed by atoms with Crippen molar-refractivity contribution in [2.45, 2.75) is 18.9 Å². The van der Waals surface area contributed by atoms with Gasteiger partial charge in [0.1, 0.15) is 0 Å². The van der Waals surface area contributed by atoms with Crippen molar-refractivity contribution in [3.05, 3.63) is 33.4 Å². The molecule has 14 heavy (non-hydrogen) atoms. The van der Waals surface area contributed by atoms with Crippen LogP contribution in [0.15, 0.2) is 24.3 Å². The molecule has 5 heteroatoms. The summed E-state index contributed by atoms with van der Waals surface area (Å²) in [5.41, 5.74) is 6.35. The highest BCUT2D eigenvalue weighted by Crippen LogP contribution is 2.19. The molecule has 0 saturated carbocycles. The molecule has 1 atom stereocenters. The third-order valence-corrected chi connectivity index (χ3v) is 2.38. The summed E-state index contributed by atoms with van der Waals surface area (Å²) in [5, 5.41) is 0. The average Bonchev–Trinajstić information content (AvgIpc) is 2.03. The van der Waals surface area contributed by atoms with Crippen molar-refractivity contribution in [2.75, 3.05) is 0 Å². The Balaban J connectivity index is 0.00000169. The van der Waals surface area contributed by atoms with Gasteiger partial charge in [-0.2, -0.15) is 0 Å². The lowest BCUT2D eigenvalue weighted by atomic mass is 10.1.